The molecule has 1 aromatic rings. The summed E-state index contributed by atoms with van der Waals surface area (Å²) in [6.45, 7) is 1.51. The van der Waals surface area contributed by atoms with Crippen LogP contribution < -0.4 is 5.73 Å². The first-order valence-corrected chi connectivity index (χ1v) is 6.40. The molecular formula is C11H12N2O3S. The molecule has 5 nitrogen and oxygen atoms in total. The van der Waals surface area contributed by atoms with E-state index >= 15 is 0 Å². The molecule has 0 saturated carbocycles. The summed E-state index contributed by atoms with van der Waals surface area (Å²) in [5, 5.41) is 0. The summed E-state index contributed by atoms with van der Waals surface area (Å²) in [6.07, 6.45) is 0. The number of hydrogen-bond acceptors (Lipinski definition) is 4. The molecule has 90 valence electrons. The summed E-state index contributed by atoms with van der Waals surface area (Å²) in [6, 6.07) is 6.12. The maximum Gasteiger partial charge on any atom is 0.264 e. The number of allylic oxidation sites excluding steroid dienone is 2. The number of Topliss-reactive ketones (excluding diaryl/α,β-unsaturated/α-hetero) is 1. The van der Waals surface area contributed by atoms with E-state index in [0.717, 1.165) is 4.31 Å². The number of likely N-dealkylation sites (N-methyl/N-ethyl adjacent to an activating group) is 1. The molecule has 0 radical (unpaired) electrons. The Morgan fingerprint density at radius 1 is 1.29 bits per heavy atom. The second-order valence-corrected chi connectivity index (χ2v) is 5.77. The third-order valence-corrected chi connectivity index (χ3v) is 4.49. The van der Waals surface area contributed by atoms with Crippen molar-refractivity contribution in [1.82, 2.24) is 4.31 Å². The maximum atomic E-state index is 12.1. The van der Waals surface area contributed by atoms with Crippen LogP contribution in [0.4, 0.5) is 0 Å². The van der Waals surface area contributed by atoms with E-state index in [1.807, 2.05) is 0 Å². The highest BCUT2D eigenvalue weighted by molar-refractivity contribution is 7.89. The van der Waals surface area contributed by atoms with Gasteiger partial charge in [-0.1, -0.05) is 12.1 Å². The standard InChI is InChI=1S/C11H12N2O3S/c1-7(12)10-11(14)8-5-3-4-6-9(8)17(15,16)13(10)2/h3-6H,12H2,1-2H3. The number of rotatable bonds is 0. The normalized spacial score (nSPS) is 21.1. The van der Waals surface area contributed by atoms with E-state index in [1.165, 1.54) is 26.1 Å². The van der Waals surface area contributed by atoms with E-state index in [-0.39, 0.29) is 27.6 Å². The van der Waals surface area contributed by atoms with E-state index in [4.69, 9.17) is 5.73 Å². The van der Waals surface area contributed by atoms with Crippen molar-refractivity contribution >= 4 is 15.8 Å². The first-order chi connectivity index (χ1) is 7.87. The van der Waals surface area contributed by atoms with E-state index < -0.39 is 10.0 Å². The Hall–Kier alpha value is -1.82. The van der Waals surface area contributed by atoms with Gasteiger partial charge in [-0.05, 0) is 19.1 Å². The molecule has 2 N–H and O–H groups in total. The van der Waals surface area contributed by atoms with E-state index in [0.29, 0.717) is 0 Å². The molecule has 0 unspecified atom stereocenters. The van der Waals surface area contributed by atoms with Gasteiger partial charge in [0.1, 0.15) is 5.70 Å². The maximum absolute atomic E-state index is 12.1. The molecular weight excluding hydrogens is 240 g/mol. The predicted octanol–water partition coefficient (Wildman–Crippen LogP) is 0.694. The molecule has 2 rings (SSSR count). The van der Waals surface area contributed by atoms with Crippen LogP contribution in [0.5, 0.6) is 0 Å². The number of hydrogen-bond donors (Lipinski definition) is 1. The van der Waals surface area contributed by atoms with Crippen LogP contribution in [0.15, 0.2) is 40.6 Å². The fraction of sp³-hybridized carbons (Fsp3) is 0.182. The van der Waals surface area contributed by atoms with Crippen molar-refractivity contribution in [2.24, 2.45) is 5.73 Å². The number of carbonyl (C=O) groups excluding carboxylic acids is 1. The van der Waals surface area contributed by atoms with Gasteiger partial charge in [0.2, 0.25) is 5.78 Å². The minimum Gasteiger partial charge on any atom is -0.400 e. The SMILES string of the molecule is CC(N)=C1C(=O)c2ccccc2S(=O)(=O)N1C. The smallest absolute Gasteiger partial charge is 0.264 e. The first kappa shape index (κ1) is 11.7. The summed E-state index contributed by atoms with van der Waals surface area (Å²) < 4.78 is 25.2. The summed E-state index contributed by atoms with van der Waals surface area (Å²) in [5.41, 5.74) is 5.96. The molecule has 0 atom stereocenters. The quantitative estimate of drug-likeness (QED) is 0.689. The molecule has 1 aromatic carbocycles. The Morgan fingerprint density at radius 3 is 2.47 bits per heavy atom. The van der Waals surface area contributed by atoms with Crippen LogP contribution in [-0.2, 0) is 10.0 Å². The van der Waals surface area contributed by atoms with Crippen LogP contribution >= 0.6 is 0 Å². The minimum atomic E-state index is -3.67. The number of carbonyl (C=O) groups is 1. The number of nitrogens with two attached hydrogens (primary N) is 1. The molecule has 0 spiro atoms. The van der Waals surface area contributed by atoms with Crippen molar-refractivity contribution in [2.75, 3.05) is 7.05 Å². The Kier molecular flexibility index (Phi) is 2.46. The Labute approximate surface area is 99.6 Å². The average Bonchev–Trinajstić information content (AvgIpc) is 2.27. The molecule has 0 aromatic heterocycles. The van der Waals surface area contributed by atoms with Crippen molar-refractivity contribution in [2.45, 2.75) is 11.8 Å². The average molecular weight is 252 g/mol. The zero-order valence-electron chi connectivity index (χ0n) is 9.47. The van der Waals surface area contributed by atoms with Gasteiger partial charge in [0.15, 0.2) is 0 Å². The molecule has 0 bridgehead atoms. The number of sulfonamides is 1. The van der Waals surface area contributed by atoms with Gasteiger partial charge in [-0.25, -0.2) is 8.42 Å². The lowest BCUT2D eigenvalue weighted by Gasteiger charge is -2.28. The van der Waals surface area contributed by atoms with E-state index in [9.17, 15) is 13.2 Å². The number of nitrogens with zero attached hydrogens (tertiary/aromatic N) is 1. The molecule has 0 fully saturated rings. The molecule has 1 heterocycles. The Balaban J connectivity index is 2.86. The minimum absolute atomic E-state index is 0.0173. The zero-order chi connectivity index (χ0) is 12.8. The summed E-state index contributed by atoms with van der Waals surface area (Å²) >= 11 is 0. The van der Waals surface area contributed by atoms with Crippen molar-refractivity contribution in [1.29, 1.82) is 0 Å². The topological polar surface area (TPSA) is 80.5 Å². The van der Waals surface area contributed by atoms with Gasteiger partial charge < -0.3 is 5.73 Å². The van der Waals surface area contributed by atoms with Gasteiger partial charge in [0.05, 0.1) is 4.90 Å². The molecule has 0 aliphatic carbocycles. The summed E-state index contributed by atoms with van der Waals surface area (Å²) in [4.78, 5) is 12.1. The van der Waals surface area contributed by atoms with Crippen molar-refractivity contribution < 1.29 is 13.2 Å². The summed E-state index contributed by atoms with van der Waals surface area (Å²) in [7, 11) is -2.34. The third-order valence-electron chi connectivity index (χ3n) is 2.67. The number of benzene rings is 1. The van der Waals surface area contributed by atoms with Gasteiger partial charge in [0, 0.05) is 18.3 Å². The van der Waals surface area contributed by atoms with Gasteiger partial charge in [-0.3, -0.25) is 9.10 Å². The lowest BCUT2D eigenvalue weighted by atomic mass is 10.1. The van der Waals surface area contributed by atoms with Crippen LogP contribution in [0.2, 0.25) is 0 Å². The highest BCUT2D eigenvalue weighted by Crippen LogP contribution is 2.31. The molecule has 0 saturated heterocycles. The van der Waals surface area contributed by atoms with Crippen LogP contribution in [0, 0.1) is 0 Å². The lowest BCUT2D eigenvalue weighted by molar-refractivity contribution is 0.100. The van der Waals surface area contributed by atoms with Crippen LogP contribution in [0.1, 0.15) is 17.3 Å². The van der Waals surface area contributed by atoms with Crippen molar-refractivity contribution in [3.05, 3.63) is 41.2 Å². The van der Waals surface area contributed by atoms with E-state index in [1.54, 1.807) is 12.1 Å². The highest BCUT2D eigenvalue weighted by Gasteiger charge is 2.37. The fourth-order valence-corrected chi connectivity index (χ4v) is 3.30. The van der Waals surface area contributed by atoms with Crippen molar-refractivity contribution in [3.63, 3.8) is 0 Å². The summed E-state index contributed by atoms with van der Waals surface area (Å²) in [5.74, 6) is -0.363. The molecule has 0 amide bonds. The zero-order valence-corrected chi connectivity index (χ0v) is 10.3. The van der Waals surface area contributed by atoms with Crippen LogP contribution in [0.3, 0.4) is 0 Å². The van der Waals surface area contributed by atoms with Gasteiger partial charge in [0.25, 0.3) is 10.0 Å². The third kappa shape index (κ3) is 1.52. The number of fused-ring (bicyclic) bond motifs is 1. The second-order valence-electron chi connectivity index (χ2n) is 3.83. The van der Waals surface area contributed by atoms with Gasteiger partial charge >= 0.3 is 0 Å². The molecule has 6 heteroatoms. The van der Waals surface area contributed by atoms with E-state index in [2.05, 4.69) is 0 Å². The van der Waals surface area contributed by atoms with Crippen LogP contribution in [0.25, 0.3) is 0 Å². The highest BCUT2D eigenvalue weighted by atomic mass is 32.2. The lowest BCUT2D eigenvalue weighted by Crippen LogP contribution is -2.37. The predicted molar refractivity (Wildman–Crippen MR) is 62.6 cm³/mol. The number of ketones is 1. The second kappa shape index (κ2) is 3.59. The molecule has 17 heavy (non-hydrogen) atoms. The van der Waals surface area contributed by atoms with Gasteiger partial charge in [-0.15, -0.1) is 0 Å². The Bertz CT molecular complexity index is 628. The Morgan fingerprint density at radius 2 is 1.88 bits per heavy atom. The molecule has 1 aliphatic heterocycles. The van der Waals surface area contributed by atoms with Crippen molar-refractivity contribution in [3.8, 4) is 0 Å². The largest absolute Gasteiger partial charge is 0.400 e. The molecule has 1 aliphatic rings. The first-order valence-electron chi connectivity index (χ1n) is 4.96. The fourth-order valence-electron chi connectivity index (χ4n) is 1.84. The monoisotopic (exact) mass is 252 g/mol. The van der Waals surface area contributed by atoms with Crippen LogP contribution in [-0.4, -0.2) is 25.6 Å². The van der Waals surface area contributed by atoms with Gasteiger partial charge in [-0.2, -0.15) is 0 Å².